The number of aromatic amines is 1. The third-order valence-electron chi connectivity index (χ3n) is 3.90. The van der Waals surface area contributed by atoms with Gasteiger partial charge in [0.15, 0.2) is 5.82 Å². The summed E-state index contributed by atoms with van der Waals surface area (Å²) in [5, 5.41) is 9.99. The van der Waals surface area contributed by atoms with E-state index in [4.69, 9.17) is 0 Å². The molecule has 0 atom stereocenters. The van der Waals surface area contributed by atoms with Crippen molar-refractivity contribution < 1.29 is 23.9 Å². The second-order valence-corrected chi connectivity index (χ2v) is 6.89. The highest BCUT2D eigenvalue weighted by atomic mass is 32.2. The van der Waals surface area contributed by atoms with E-state index in [1.54, 1.807) is 0 Å². The Balaban J connectivity index is 1.66. The van der Waals surface area contributed by atoms with Gasteiger partial charge in [0.2, 0.25) is 11.1 Å². The number of rotatable bonds is 7. The SMILES string of the molecule is COC(=O)c1cc(NC(=O)CSc2n[nH]c(-c3ccccc3)n2)cc(C(=O)OC)c1. The normalized spacial score (nSPS) is 10.3. The smallest absolute Gasteiger partial charge is 0.337 e. The van der Waals surface area contributed by atoms with Crippen LogP contribution in [0.3, 0.4) is 0 Å². The molecule has 1 amide bonds. The number of hydrogen-bond acceptors (Lipinski definition) is 8. The minimum atomic E-state index is -0.639. The molecule has 10 heteroatoms. The Labute approximate surface area is 176 Å². The number of thioether (sulfide) groups is 1. The summed E-state index contributed by atoms with van der Waals surface area (Å²) in [6.07, 6.45) is 0. The van der Waals surface area contributed by atoms with Crippen molar-refractivity contribution in [2.24, 2.45) is 0 Å². The van der Waals surface area contributed by atoms with E-state index in [0.717, 1.165) is 17.3 Å². The Morgan fingerprint density at radius 3 is 2.23 bits per heavy atom. The second-order valence-electron chi connectivity index (χ2n) is 5.95. The van der Waals surface area contributed by atoms with Gasteiger partial charge in [0.25, 0.3) is 0 Å². The molecular formula is C20H18N4O5S. The fourth-order valence-corrected chi connectivity index (χ4v) is 3.13. The number of benzene rings is 2. The van der Waals surface area contributed by atoms with E-state index in [1.807, 2.05) is 30.3 Å². The molecule has 0 unspecified atom stereocenters. The Kier molecular flexibility index (Phi) is 6.81. The molecule has 0 spiro atoms. The number of anilines is 1. The lowest BCUT2D eigenvalue weighted by Gasteiger charge is -2.09. The van der Waals surface area contributed by atoms with Gasteiger partial charge >= 0.3 is 11.9 Å². The Morgan fingerprint density at radius 2 is 1.63 bits per heavy atom. The van der Waals surface area contributed by atoms with E-state index in [2.05, 4.69) is 30.0 Å². The highest BCUT2D eigenvalue weighted by Gasteiger charge is 2.15. The zero-order chi connectivity index (χ0) is 21.5. The Hall–Kier alpha value is -3.66. The molecule has 0 bridgehead atoms. The average molecular weight is 426 g/mol. The molecule has 9 nitrogen and oxygen atoms in total. The van der Waals surface area contributed by atoms with Crippen molar-refractivity contribution >= 4 is 35.3 Å². The molecule has 0 fully saturated rings. The molecule has 1 heterocycles. The third-order valence-corrected chi connectivity index (χ3v) is 4.75. The van der Waals surface area contributed by atoms with Crippen LogP contribution in [0.15, 0.2) is 53.7 Å². The van der Waals surface area contributed by atoms with E-state index < -0.39 is 11.9 Å². The van der Waals surface area contributed by atoms with Gasteiger partial charge in [0.05, 0.1) is 31.1 Å². The van der Waals surface area contributed by atoms with Gasteiger partial charge in [0.1, 0.15) is 0 Å². The van der Waals surface area contributed by atoms with Crippen LogP contribution in [0.1, 0.15) is 20.7 Å². The summed E-state index contributed by atoms with van der Waals surface area (Å²) in [5.41, 5.74) is 1.38. The average Bonchev–Trinajstić information content (AvgIpc) is 3.26. The van der Waals surface area contributed by atoms with Crippen molar-refractivity contribution in [1.29, 1.82) is 0 Å². The van der Waals surface area contributed by atoms with Crippen molar-refractivity contribution in [3.8, 4) is 11.4 Å². The number of ether oxygens (including phenoxy) is 2. The maximum atomic E-state index is 12.3. The summed E-state index contributed by atoms with van der Waals surface area (Å²) >= 11 is 1.14. The molecular weight excluding hydrogens is 408 g/mol. The first-order chi connectivity index (χ1) is 14.5. The molecule has 0 saturated carbocycles. The van der Waals surface area contributed by atoms with Crippen molar-refractivity contribution in [1.82, 2.24) is 15.2 Å². The van der Waals surface area contributed by atoms with Gasteiger partial charge in [-0.3, -0.25) is 9.89 Å². The minimum absolute atomic E-state index is 0.0299. The first-order valence-corrected chi connectivity index (χ1v) is 9.71. The number of methoxy groups -OCH3 is 2. The first-order valence-electron chi connectivity index (χ1n) is 8.72. The van der Waals surface area contributed by atoms with Crippen LogP contribution in [0.5, 0.6) is 0 Å². The molecule has 30 heavy (non-hydrogen) atoms. The quantitative estimate of drug-likeness (QED) is 0.437. The van der Waals surface area contributed by atoms with Crippen LogP contribution < -0.4 is 5.32 Å². The summed E-state index contributed by atoms with van der Waals surface area (Å²) in [6, 6.07) is 13.7. The first kappa shape index (κ1) is 21.1. The molecule has 0 radical (unpaired) electrons. The molecule has 0 aliphatic carbocycles. The minimum Gasteiger partial charge on any atom is -0.465 e. The molecule has 3 aromatic rings. The Morgan fingerprint density at radius 1 is 1.00 bits per heavy atom. The van der Waals surface area contributed by atoms with Crippen molar-refractivity contribution in [3.63, 3.8) is 0 Å². The zero-order valence-corrected chi connectivity index (χ0v) is 17.0. The summed E-state index contributed by atoms with van der Waals surface area (Å²) in [7, 11) is 2.45. The third kappa shape index (κ3) is 5.23. The predicted molar refractivity (Wildman–Crippen MR) is 110 cm³/mol. The van der Waals surface area contributed by atoms with Gasteiger partial charge in [0, 0.05) is 11.3 Å². The lowest BCUT2D eigenvalue weighted by atomic mass is 10.1. The number of H-pyrrole nitrogens is 1. The number of aromatic nitrogens is 3. The van der Waals surface area contributed by atoms with Gasteiger partial charge in [-0.15, -0.1) is 5.10 Å². The fraction of sp³-hybridized carbons (Fsp3) is 0.150. The molecule has 154 valence electrons. The van der Waals surface area contributed by atoms with Crippen LogP contribution in [-0.2, 0) is 14.3 Å². The standard InChI is InChI=1S/C20H18N4O5S/c1-28-18(26)13-8-14(19(27)29-2)10-15(9-13)21-16(25)11-30-20-22-17(23-24-20)12-6-4-3-5-7-12/h3-10H,11H2,1-2H3,(H,21,25)(H,22,23,24). The molecule has 0 aliphatic heterocycles. The van der Waals surface area contributed by atoms with Crippen LogP contribution in [-0.4, -0.2) is 53.0 Å². The number of hydrogen-bond donors (Lipinski definition) is 2. The predicted octanol–water partition coefficient (Wildman–Crippen LogP) is 2.78. The zero-order valence-electron chi connectivity index (χ0n) is 16.2. The van der Waals surface area contributed by atoms with Gasteiger partial charge in [-0.1, -0.05) is 42.1 Å². The van der Waals surface area contributed by atoms with Gasteiger partial charge in [-0.2, -0.15) is 0 Å². The maximum Gasteiger partial charge on any atom is 0.337 e. The monoisotopic (exact) mass is 426 g/mol. The number of nitrogens with one attached hydrogen (secondary N) is 2. The lowest BCUT2D eigenvalue weighted by molar-refractivity contribution is -0.113. The van der Waals surface area contributed by atoms with Gasteiger partial charge in [-0.25, -0.2) is 14.6 Å². The number of carbonyl (C=O) groups is 3. The molecule has 1 aromatic heterocycles. The number of carbonyl (C=O) groups excluding carboxylic acids is 3. The van der Waals surface area contributed by atoms with Crippen LogP contribution in [0.25, 0.3) is 11.4 Å². The molecule has 0 saturated heterocycles. The number of nitrogens with zero attached hydrogens (tertiary/aromatic N) is 2. The van der Waals surface area contributed by atoms with Crippen LogP contribution in [0, 0.1) is 0 Å². The van der Waals surface area contributed by atoms with Gasteiger partial charge in [-0.05, 0) is 18.2 Å². The molecule has 2 aromatic carbocycles. The van der Waals surface area contributed by atoms with Crippen molar-refractivity contribution in [3.05, 3.63) is 59.7 Å². The summed E-state index contributed by atoms with van der Waals surface area (Å²) in [6.45, 7) is 0. The Bertz CT molecular complexity index is 1030. The molecule has 2 N–H and O–H groups in total. The highest BCUT2D eigenvalue weighted by molar-refractivity contribution is 7.99. The number of amides is 1. The molecule has 3 rings (SSSR count). The fourth-order valence-electron chi connectivity index (χ4n) is 2.53. The van der Waals surface area contributed by atoms with E-state index in [1.165, 1.54) is 32.4 Å². The summed E-state index contributed by atoms with van der Waals surface area (Å²) in [4.78, 5) is 40.4. The van der Waals surface area contributed by atoms with Crippen molar-refractivity contribution in [2.45, 2.75) is 5.16 Å². The lowest BCUT2D eigenvalue weighted by Crippen LogP contribution is -2.16. The van der Waals surface area contributed by atoms with E-state index in [9.17, 15) is 14.4 Å². The number of esters is 2. The van der Waals surface area contributed by atoms with Crippen molar-refractivity contribution in [2.75, 3.05) is 25.3 Å². The highest BCUT2D eigenvalue weighted by Crippen LogP contribution is 2.20. The van der Waals surface area contributed by atoms with Gasteiger partial charge < -0.3 is 14.8 Å². The van der Waals surface area contributed by atoms with E-state index in [0.29, 0.717) is 11.0 Å². The topological polar surface area (TPSA) is 123 Å². The second kappa shape index (κ2) is 9.70. The largest absolute Gasteiger partial charge is 0.465 e. The van der Waals surface area contributed by atoms with Crippen LogP contribution in [0.2, 0.25) is 0 Å². The molecule has 0 aliphatic rings. The van der Waals surface area contributed by atoms with Crippen LogP contribution >= 0.6 is 11.8 Å². The maximum absolute atomic E-state index is 12.3. The van der Waals surface area contributed by atoms with E-state index in [-0.39, 0.29) is 28.5 Å². The summed E-state index contributed by atoms with van der Waals surface area (Å²) in [5.74, 6) is -1.00. The summed E-state index contributed by atoms with van der Waals surface area (Å²) < 4.78 is 9.36. The van der Waals surface area contributed by atoms with Crippen LogP contribution in [0.4, 0.5) is 5.69 Å². The van der Waals surface area contributed by atoms with E-state index >= 15 is 0 Å².